The number of nitrogens with zero attached hydrogens (tertiary/aromatic N) is 2. The molecule has 0 radical (unpaired) electrons. The van der Waals surface area contributed by atoms with Gasteiger partial charge >= 0.3 is 5.97 Å². The highest BCUT2D eigenvalue weighted by Gasteiger charge is 2.29. The monoisotopic (exact) mass is 338 g/mol. The van der Waals surface area contributed by atoms with Crippen LogP contribution in [0.15, 0.2) is 48.9 Å². The number of ketones is 1. The van der Waals surface area contributed by atoms with E-state index in [0.717, 1.165) is 5.52 Å². The molecule has 0 aliphatic rings. The number of aromatic nitrogens is 3. The molecule has 0 spiro atoms. The molecule has 128 valence electrons. The number of benzene rings is 1. The Morgan fingerprint density at radius 2 is 2.12 bits per heavy atom. The molecule has 1 atom stereocenters. The van der Waals surface area contributed by atoms with Gasteiger partial charge in [0.2, 0.25) is 0 Å². The summed E-state index contributed by atoms with van der Waals surface area (Å²) >= 11 is 0. The van der Waals surface area contributed by atoms with Crippen LogP contribution >= 0.6 is 0 Å². The Morgan fingerprint density at radius 3 is 2.88 bits per heavy atom. The van der Waals surface area contributed by atoms with Gasteiger partial charge in [-0.3, -0.25) is 9.59 Å². The summed E-state index contributed by atoms with van der Waals surface area (Å²) in [6.45, 7) is 2.03. The maximum Gasteiger partial charge on any atom is 0.318 e. The molecule has 7 heteroatoms. The van der Waals surface area contributed by atoms with Gasteiger partial charge in [0.25, 0.3) is 0 Å². The highest BCUT2D eigenvalue weighted by molar-refractivity contribution is 6.10. The lowest BCUT2D eigenvalue weighted by atomic mass is 9.97. The van der Waals surface area contributed by atoms with Crippen molar-refractivity contribution in [1.29, 1.82) is 0 Å². The van der Waals surface area contributed by atoms with Gasteiger partial charge in [-0.25, -0.2) is 9.97 Å². The number of ether oxygens (including phenoxy) is 1. The summed E-state index contributed by atoms with van der Waals surface area (Å²) in [6.07, 6.45) is 3.19. The molecule has 1 aromatic carbocycles. The number of carbonyl (C=O) groups excluding carboxylic acids is 2. The van der Waals surface area contributed by atoms with E-state index in [2.05, 4.69) is 20.3 Å². The van der Waals surface area contributed by atoms with E-state index in [0.29, 0.717) is 16.9 Å². The summed E-state index contributed by atoms with van der Waals surface area (Å²) in [6, 6.07) is 10.5. The Morgan fingerprint density at radius 1 is 1.24 bits per heavy atom. The minimum atomic E-state index is -0.960. The molecule has 3 aromatic rings. The second-order valence-corrected chi connectivity index (χ2v) is 5.40. The lowest BCUT2D eigenvalue weighted by molar-refractivity contribution is -0.145. The lowest BCUT2D eigenvalue weighted by Crippen LogP contribution is -2.32. The standard InChI is InChI=1S/C18H18N4O3/c1-2-25-18(24)13(10-20-16-5-3-4-8-19-16)17(23)12-6-7-14-15(9-12)22-11-21-14/h3-9,11,13H,2,10H2,1H3,(H,19,20)(H,21,22). The number of anilines is 1. The van der Waals surface area contributed by atoms with E-state index >= 15 is 0 Å². The number of aromatic amines is 1. The molecule has 0 bridgehead atoms. The first kappa shape index (κ1) is 16.6. The summed E-state index contributed by atoms with van der Waals surface area (Å²) in [5, 5.41) is 3.01. The molecular weight excluding hydrogens is 320 g/mol. The number of rotatable bonds is 7. The third-order valence-electron chi connectivity index (χ3n) is 3.75. The van der Waals surface area contributed by atoms with E-state index in [1.807, 2.05) is 6.07 Å². The molecule has 0 amide bonds. The second-order valence-electron chi connectivity index (χ2n) is 5.40. The van der Waals surface area contributed by atoms with Gasteiger partial charge in [-0.1, -0.05) is 6.07 Å². The highest BCUT2D eigenvalue weighted by Crippen LogP contribution is 2.17. The van der Waals surface area contributed by atoms with Crippen LogP contribution in [-0.4, -0.2) is 39.9 Å². The summed E-state index contributed by atoms with van der Waals surface area (Å²) in [5.74, 6) is -1.24. The molecule has 2 aromatic heterocycles. The fraction of sp³-hybridized carbons (Fsp3) is 0.222. The number of hydrogen-bond acceptors (Lipinski definition) is 6. The third kappa shape index (κ3) is 3.82. The zero-order valence-corrected chi connectivity index (χ0v) is 13.7. The first-order valence-electron chi connectivity index (χ1n) is 7.98. The van der Waals surface area contributed by atoms with Crippen LogP contribution in [0.2, 0.25) is 0 Å². The van der Waals surface area contributed by atoms with Crippen LogP contribution in [0.25, 0.3) is 11.0 Å². The highest BCUT2D eigenvalue weighted by atomic mass is 16.5. The average Bonchev–Trinajstić information content (AvgIpc) is 3.10. The van der Waals surface area contributed by atoms with Crippen molar-refractivity contribution in [2.45, 2.75) is 6.92 Å². The third-order valence-corrected chi connectivity index (χ3v) is 3.75. The van der Waals surface area contributed by atoms with E-state index in [1.54, 1.807) is 49.8 Å². The van der Waals surface area contributed by atoms with E-state index in [4.69, 9.17) is 4.74 Å². The maximum atomic E-state index is 12.8. The van der Waals surface area contributed by atoms with Crippen molar-refractivity contribution in [3.8, 4) is 0 Å². The largest absolute Gasteiger partial charge is 0.465 e. The fourth-order valence-electron chi connectivity index (χ4n) is 2.49. The molecular formula is C18H18N4O3. The average molecular weight is 338 g/mol. The Labute approximate surface area is 144 Å². The number of pyridine rings is 1. The quantitative estimate of drug-likeness (QED) is 0.390. The second kappa shape index (κ2) is 7.57. The molecule has 1 unspecified atom stereocenters. The fourth-order valence-corrected chi connectivity index (χ4v) is 2.49. The van der Waals surface area contributed by atoms with Gasteiger partial charge in [0.05, 0.1) is 24.0 Å². The van der Waals surface area contributed by atoms with Crippen LogP contribution in [0.4, 0.5) is 5.82 Å². The van der Waals surface area contributed by atoms with Crippen LogP contribution in [0.3, 0.4) is 0 Å². The van der Waals surface area contributed by atoms with Crippen LogP contribution in [0, 0.1) is 5.92 Å². The van der Waals surface area contributed by atoms with Crippen molar-refractivity contribution in [2.24, 2.45) is 5.92 Å². The molecule has 2 heterocycles. The van der Waals surface area contributed by atoms with E-state index < -0.39 is 11.9 Å². The zero-order valence-electron chi connectivity index (χ0n) is 13.7. The Balaban J connectivity index is 1.81. The van der Waals surface area contributed by atoms with Crippen molar-refractivity contribution >= 4 is 28.6 Å². The molecule has 2 N–H and O–H groups in total. The van der Waals surface area contributed by atoms with E-state index in [9.17, 15) is 9.59 Å². The molecule has 0 aliphatic carbocycles. The molecule has 0 saturated carbocycles. The number of Topliss-reactive ketones (excluding diaryl/α,β-unsaturated/α-hetero) is 1. The molecule has 0 fully saturated rings. The van der Waals surface area contributed by atoms with Crippen molar-refractivity contribution in [3.63, 3.8) is 0 Å². The smallest absolute Gasteiger partial charge is 0.318 e. The number of H-pyrrole nitrogens is 1. The minimum absolute atomic E-state index is 0.104. The van der Waals surface area contributed by atoms with Gasteiger partial charge in [-0.05, 0) is 37.3 Å². The Kier molecular flexibility index (Phi) is 5.03. The maximum absolute atomic E-state index is 12.8. The zero-order chi connectivity index (χ0) is 17.6. The first-order valence-corrected chi connectivity index (χ1v) is 7.98. The number of hydrogen-bond donors (Lipinski definition) is 2. The molecule has 0 saturated heterocycles. The normalized spacial score (nSPS) is 11.9. The van der Waals surface area contributed by atoms with Crippen LogP contribution in [0.5, 0.6) is 0 Å². The van der Waals surface area contributed by atoms with Crippen LogP contribution < -0.4 is 5.32 Å². The molecule has 3 rings (SSSR count). The van der Waals surface area contributed by atoms with Crippen molar-refractivity contribution in [1.82, 2.24) is 15.0 Å². The molecule has 0 aliphatic heterocycles. The van der Waals surface area contributed by atoms with Gasteiger partial charge in [0.1, 0.15) is 11.7 Å². The predicted molar refractivity (Wildman–Crippen MR) is 93.3 cm³/mol. The number of nitrogens with one attached hydrogen (secondary N) is 2. The number of carbonyl (C=O) groups is 2. The van der Waals surface area contributed by atoms with E-state index in [1.165, 1.54) is 0 Å². The van der Waals surface area contributed by atoms with Gasteiger partial charge in [-0.2, -0.15) is 0 Å². The van der Waals surface area contributed by atoms with Gasteiger partial charge < -0.3 is 15.0 Å². The number of fused-ring (bicyclic) bond motifs is 1. The van der Waals surface area contributed by atoms with Gasteiger partial charge in [0.15, 0.2) is 5.78 Å². The van der Waals surface area contributed by atoms with Crippen LogP contribution in [0.1, 0.15) is 17.3 Å². The molecule has 7 nitrogen and oxygen atoms in total. The Bertz CT molecular complexity index is 876. The number of esters is 1. The first-order chi connectivity index (χ1) is 12.2. The summed E-state index contributed by atoms with van der Waals surface area (Å²) in [7, 11) is 0. The van der Waals surface area contributed by atoms with Gasteiger partial charge in [-0.15, -0.1) is 0 Å². The minimum Gasteiger partial charge on any atom is -0.465 e. The lowest BCUT2D eigenvalue weighted by Gasteiger charge is -2.16. The van der Waals surface area contributed by atoms with E-state index in [-0.39, 0.29) is 18.9 Å². The van der Waals surface area contributed by atoms with Gasteiger partial charge in [0, 0.05) is 18.3 Å². The Hall–Kier alpha value is -3.22. The topological polar surface area (TPSA) is 97.0 Å². The van der Waals surface area contributed by atoms with Crippen molar-refractivity contribution < 1.29 is 14.3 Å². The van der Waals surface area contributed by atoms with Crippen LogP contribution in [-0.2, 0) is 9.53 Å². The number of imidazole rings is 1. The summed E-state index contributed by atoms with van der Waals surface area (Å²) in [5.41, 5.74) is 1.92. The summed E-state index contributed by atoms with van der Waals surface area (Å²) in [4.78, 5) is 36.4. The molecule has 25 heavy (non-hydrogen) atoms. The SMILES string of the molecule is CCOC(=O)C(CNc1ccccn1)C(=O)c1ccc2[nH]cnc2c1. The van der Waals surface area contributed by atoms with Crippen molar-refractivity contribution in [3.05, 3.63) is 54.5 Å². The predicted octanol–water partition coefficient (Wildman–Crippen LogP) is 2.43. The van der Waals surface area contributed by atoms with Crippen molar-refractivity contribution in [2.75, 3.05) is 18.5 Å². The summed E-state index contributed by atoms with van der Waals surface area (Å²) < 4.78 is 5.07.